The molecule has 2 aromatic heterocycles. The molecule has 0 saturated carbocycles. The van der Waals surface area contributed by atoms with E-state index in [1.54, 1.807) is 19.4 Å². The number of ether oxygens (including phenoxy) is 2. The first-order valence-corrected chi connectivity index (χ1v) is 6.93. The van der Waals surface area contributed by atoms with Gasteiger partial charge in [0, 0.05) is 25.9 Å². The Kier molecular flexibility index (Phi) is 5.45. The lowest BCUT2D eigenvalue weighted by molar-refractivity contribution is 0.177. The van der Waals surface area contributed by atoms with Crippen LogP contribution >= 0.6 is 0 Å². The number of pyridine rings is 1. The van der Waals surface area contributed by atoms with Gasteiger partial charge in [-0.3, -0.25) is 4.98 Å². The molecule has 0 unspecified atom stereocenters. The summed E-state index contributed by atoms with van der Waals surface area (Å²) < 4.78 is 10.9. The molecule has 0 aliphatic heterocycles. The maximum absolute atomic E-state index is 5.81. The monoisotopic (exact) mass is 288 g/mol. The van der Waals surface area contributed by atoms with Gasteiger partial charge in [0.25, 0.3) is 0 Å². The lowest BCUT2D eigenvalue weighted by atomic mass is 10.3. The average Bonchev–Trinajstić information content (AvgIpc) is 2.48. The number of methoxy groups -OCH3 is 1. The molecule has 0 bridgehead atoms. The zero-order valence-electron chi connectivity index (χ0n) is 12.6. The number of nitrogens with zero attached hydrogens (tertiary/aromatic N) is 3. The van der Waals surface area contributed by atoms with Gasteiger partial charge in [0.15, 0.2) is 11.6 Å². The molecule has 0 saturated heterocycles. The highest BCUT2D eigenvalue weighted by atomic mass is 16.5. The molecule has 21 heavy (non-hydrogen) atoms. The van der Waals surface area contributed by atoms with E-state index in [9.17, 15) is 0 Å². The molecule has 2 heterocycles. The third-order valence-electron chi connectivity index (χ3n) is 2.75. The Labute approximate surface area is 124 Å². The molecule has 0 amide bonds. The van der Waals surface area contributed by atoms with Crippen molar-refractivity contribution in [2.75, 3.05) is 19.0 Å². The summed E-state index contributed by atoms with van der Waals surface area (Å²) in [7, 11) is 1.61. The van der Waals surface area contributed by atoms with Crippen LogP contribution in [0.5, 0.6) is 11.6 Å². The highest BCUT2D eigenvalue weighted by Gasteiger charge is 2.08. The number of hydrogen-bond donors (Lipinski definition) is 1. The Morgan fingerprint density at radius 3 is 2.86 bits per heavy atom. The smallest absolute Gasteiger partial charge is 0.224 e. The molecule has 0 fully saturated rings. The van der Waals surface area contributed by atoms with Crippen LogP contribution in [0.4, 0.5) is 5.82 Å². The molecule has 2 aromatic rings. The van der Waals surface area contributed by atoms with Crippen LogP contribution in [0, 0.1) is 6.92 Å². The molecule has 6 nitrogen and oxygen atoms in total. The summed E-state index contributed by atoms with van der Waals surface area (Å²) in [5, 5.41) is 3.23. The van der Waals surface area contributed by atoms with Crippen LogP contribution in [-0.4, -0.2) is 28.6 Å². The van der Waals surface area contributed by atoms with Crippen molar-refractivity contribution in [2.45, 2.75) is 26.9 Å². The Morgan fingerprint density at radius 1 is 1.29 bits per heavy atom. The zero-order chi connectivity index (χ0) is 15.1. The lowest BCUT2D eigenvalue weighted by Crippen LogP contribution is -2.07. The van der Waals surface area contributed by atoms with Crippen molar-refractivity contribution in [3.05, 3.63) is 35.9 Å². The topological polar surface area (TPSA) is 69.2 Å². The van der Waals surface area contributed by atoms with Gasteiger partial charge in [-0.2, -0.15) is 4.98 Å². The summed E-state index contributed by atoms with van der Waals surface area (Å²) in [6.45, 7) is 5.17. The molecule has 1 N–H and O–H groups in total. The summed E-state index contributed by atoms with van der Waals surface area (Å²) in [6.07, 6.45) is 2.74. The van der Waals surface area contributed by atoms with Crippen molar-refractivity contribution < 1.29 is 9.47 Å². The number of anilines is 1. The van der Waals surface area contributed by atoms with E-state index in [1.807, 2.05) is 19.1 Å². The number of aromatic nitrogens is 3. The maximum atomic E-state index is 5.81. The third kappa shape index (κ3) is 4.39. The first-order valence-electron chi connectivity index (χ1n) is 6.93. The number of aryl methyl sites for hydroxylation is 1. The Balaban J connectivity index is 2.24. The van der Waals surface area contributed by atoms with E-state index in [0.29, 0.717) is 24.1 Å². The highest BCUT2D eigenvalue weighted by molar-refractivity contribution is 5.40. The van der Waals surface area contributed by atoms with E-state index in [2.05, 4.69) is 27.2 Å². The van der Waals surface area contributed by atoms with Gasteiger partial charge in [-0.25, -0.2) is 4.98 Å². The van der Waals surface area contributed by atoms with Crippen molar-refractivity contribution in [2.24, 2.45) is 0 Å². The fourth-order valence-corrected chi connectivity index (χ4v) is 1.75. The molecule has 0 aromatic carbocycles. The van der Waals surface area contributed by atoms with Gasteiger partial charge in [0.2, 0.25) is 5.88 Å². The highest BCUT2D eigenvalue weighted by Crippen LogP contribution is 2.23. The summed E-state index contributed by atoms with van der Waals surface area (Å²) in [5.74, 6) is 2.47. The Morgan fingerprint density at radius 2 is 2.14 bits per heavy atom. The van der Waals surface area contributed by atoms with Gasteiger partial charge in [0.05, 0.1) is 5.69 Å². The normalized spacial score (nSPS) is 10.4. The van der Waals surface area contributed by atoms with Crippen molar-refractivity contribution >= 4 is 5.82 Å². The van der Waals surface area contributed by atoms with Crippen molar-refractivity contribution in [1.29, 1.82) is 0 Å². The van der Waals surface area contributed by atoms with Gasteiger partial charge in [-0.05, 0) is 25.5 Å². The lowest BCUT2D eigenvalue weighted by Gasteiger charge is -2.11. The molecule has 112 valence electrons. The fraction of sp³-hybridized carbons (Fsp3) is 0.400. The van der Waals surface area contributed by atoms with E-state index >= 15 is 0 Å². The average molecular weight is 288 g/mol. The fourth-order valence-electron chi connectivity index (χ4n) is 1.75. The summed E-state index contributed by atoms with van der Waals surface area (Å²) in [5.41, 5.74) is 0.812. The van der Waals surface area contributed by atoms with Crippen LogP contribution in [0.3, 0.4) is 0 Å². The SMILES string of the molecule is CCCNc1cc(Oc2cccnc2C)nc(COC)n1. The molecule has 0 aliphatic rings. The minimum atomic E-state index is 0.337. The standard InChI is InChI=1S/C15H20N4O2/c1-4-7-17-13-9-15(19-14(18-13)10-20-3)21-12-6-5-8-16-11(12)2/h5-6,8-9H,4,7,10H2,1-3H3,(H,17,18,19). The van der Waals surface area contributed by atoms with Gasteiger partial charge in [-0.1, -0.05) is 6.92 Å². The van der Waals surface area contributed by atoms with Crippen molar-refractivity contribution in [3.8, 4) is 11.6 Å². The Hall–Kier alpha value is -2.21. The molecule has 0 atom stereocenters. The van der Waals surface area contributed by atoms with E-state index < -0.39 is 0 Å². The van der Waals surface area contributed by atoms with Crippen LogP contribution in [0.2, 0.25) is 0 Å². The van der Waals surface area contributed by atoms with E-state index in [1.165, 1.54) is 0 Å². The van der Waals surface area contributed by atoms with Crippen LogP contribution in [0.15, 0.2) is 24.4 Å². The van der Waals surface area contributed by atoms with Gasteiger partial charge < -0.3 is 14.8 Å². The van der Waals surface area contributed by atoms with Crippen molar-refractivity contribution in [1.82, 2.24) is 15.0 Å². The zero-order valence-corrected chi connectivity index (χ0v) is 12.6. The first-order chi connectivity index (χ1) is 10.2. The van der Waals surface area contributed by atoms with E-state index in [0.717, 1.165) is 24.5 Å². The largest absolute Gasteiger partial charge is 0.437 e. The Bertz CT molecular complexity index is 590. The third-order valence-corrected chi connectivity index (χ3v) is 2.75. The van der Waals surface area contributed by atoms with E-state index in [-0.39, 0.29) is 0 Å². The molecule has 0 aliphatic carbocycles. The molecule has 0 spiro atoms. The van der Waals surface area contributed by atoms with Crippen LogP contribution in [0.1, 0.15) is 24.9 Å². The molecular formula is C15H20N4O2. The van der Waals surface area contributed by atoms with E-state index in [4.69, 9.17) is 9.47 Å². The summed E-state index contributed by atoms with van der Waals surface area (Å²) in [4.78, 5) is 12.9. The first kappa shape index (κ1) is 15.2. The molecular weight excluding hydrogens is 268 g/mol. The predicted molar refractivity (Wildman–Crippen MR) is 80.6 cm³/mol. The maximum Gasteiger partial charge on any atom is 0.224 e. The number of hydrogen-bond acceptors (Lipinski definition) is 6. The molecule has 2 rings (SSSR count). The van der Waals surface area contributed by atoms with Crippen molar-refractivity contribution in [3.63, 3.8) is 0 Å². The minimum Gasteiger partial charge on any atom is -0.437 e. The second kappa shape index (κ2) is 7.54. The quantitative estimate of drug-likeness (QED) is 0.844. The molecule has 0 radical (unpaired) electrons. The van der Waals surface area contributed by atoms with Gasteiger partial charge in [-0.15, -0.1) is 0 Å². The number of rotatable bonds is 7. The van der Waals surface area contributed by atoms with Crippen LogP contribution < -0.4 is 10.1 Å². The van der Waals surface area contributed by atoms with Gasteiger partial charge in [0.1, 0.15) is 12.4 Å². The second-order valence-corrected chi connectivity index (χ2v) is 4.56. The summed E-state index contributed by atoms with van der Waals surface area (Å²) in [6, 6.07) is 5.47. The second-order valence-electron chi connectivity index (χ2n) is 4.56. The van der Waals surface area contributed by atoms with Crippen LogP contribution in [-0.2, 0) is 11.3 Å². The van der Waals surface area contributed by atoms with Crippen LogP contribution in [0.25, 0.3) is 0 Å². The van der Waals surface area contributed by atoms with Gasteiger partial charge >= 0.3 is 0 Å². The minimum absolute atomic E-state index is 0.337. The summed E-state index contributed by atoms with van der Waals surface area (Å²) >= 11 is 0. The predicted octanol–water partition coefficient (Wildman–Crippen LogP) is 2.94. The molecule has 6 heteroatoms. The number of nitrogens with one attached hydrogen (secondary N) is 1.